The molecule has 1 aliphatic heterocycles. The highest BCUT2D eigenvalue weighted by Crippen LogP contribution is 2.02. The van der Waals surface area contributed by atoms with Crippen molar-refractivity contribution in [3.8, 4) is 0 Å². The van der Waals surface area contributed by atoms with Crippen molar-refractivity contribution in [1.29, 1.82) is 0 Å². The molecule has 0 aromatic heterocycles. The summed E-state index contributed by atoms with van der Waals surface area (Å²) in [6, 6.07) is 0.253. The van der Waals surface area contributed by atoms with E-state index in [0.717, 1.165) is 37.9 Å². The van der Waals surface area contributed by atoms with Crippen LogP contribution in [-0.4, -0.2) is 31.8 Å². The van der Waals surface area contributed by atoms with Gasteiger partial charge >= 0.3 is 6.09 Å². The zero-order valence-electron chi connectivity index (χ0n) is 11.4. The van der Waals surface area contributed by atoms with Crippen molar-refractivity contribution in [2.24, 2.45) is 0 Å². The standard InChI is InChI=1S/C14H24N2O2/c1-3-4-5-6-12(2)11-18-14(17)16-13-7-9-15-10-8-13/h4-6,13,15H,3,7-11H2,1-2H3,(H,16,17)/b5-4-,12-6+. The molecular formula is C14H24N2O2. The van der Waals surface area contributed by atoms with Gasteiger partial charge in [0.2, 0.25) is 0 Å². The van der Waals surface area contributed by atoms with Gasteiger partial charge in [-0.3, -0.25) is 0 Å². The van der Waals surface area contributed by atoms with Crippen molar-refractivity contribution >= 4 is 6.09 Å². The van der Waals surface area contributed by atoms with Gasteiger partial charge in [0, 0.05) is 6.04 Å². The Morgan fingerprint density at radius 2 is 2.17 bits per heavy atom. The van der Waals surface area contributed by atoms with Crippen LogP contribution in [0.25, 0.3) is 0 Å². The van der Waals surface area contributed by atoms with E-state index in [4.69, 9.17) is 4.74 Å². The minimum absolute atomic E-state index is 0.253. The van der Waals surface area contributed by atoms with Crippen LogP contribution in [0.3, 0.4) is 0 Å². The molecule has 0 bridgehead atoms. The summed E-state index contributed by atoms with van der Waals surface area (Å²) in [6.07, 6.45) is 8.69. The number of allylic oxidation sites excluding steroid dienone is 3. The molecule has 0 unspecified atom stereocenters. The summed E-state index contributed by atoms with van der Waals surface area (Å²) in [5.41, 5.74) is 1.04. The van der Waals surface area contributed by atoms with Crippen LogP contribution in [0.2, 0.25) is 0 Å². The monoisotopic (exact) mass is 252 g/mol. The van der Waals surface area contributed by atoms with E-state index in [2.05, 4.69) is 23.6 Å². The lowest BCUT2D eigenvalue weighted by molar-refractivity contribution is 0.149. The van der Waals surface area contributed by atoms with E-state index in [1.165, 1.54) is 0 Å². The minimum atomic E-state index is -0.311. The SMILES string of the molecule is CC/C=C\C=C(/C)COC(=O)NC1CCNCC1. The predicted octanol–water partition coefficient (Wildman–Crippen LogP) is 2.38. The molecule has 18 heavy (non-hydrogen) atoms. The highest BCUT2D eigenvalue weighted by molar-refractivity contribution is 5.67. The fourth-order valence-corrected chi connectivity index (χ4v) is 1.77. The number of carbonyl (C=O) groups is 1. The number of hydrogen-bond donors (Lipinski definition) is 2. The summed E-state index contributed by atoms with van der Waals surface area (Å²) < 4.78 is 5.16. The summed E-state index contributed by atoms with van der Waals surface area (Å²) in [6.45, 7) is 6.32. The summed E-state index contributed by atoms with van der Waals surface area (Å²) in [4.78, 5) is 11.5. The number of rotatable bonds is 5. The van der Waals surface area contributed by atoms with E-state index < -0.39 is 0 Å². The predicted molar refractivity (Wildman–Crippen MR) is 73.6 cm³/mol. The molecule has 4 nitrogen and oxygen atoms in total. The van der Waals surface area contributed by atoms with E-state index in [1.54, 1.807) is 0 Å². The Balaban J connectivity index is 2.19. The average Bonchev–Trinajstić information content (AvgIpc) is 2.38. The maximum atomic E-state index is 11.5. The molecule has 4 heteroatoms. The second-order valence-corrected chi connectivity index (χ2v) is 4.59. The average molecular weight is 252 g/mol. The lowest BCUT2D eigenvalue weighted by Gasteiger charge is -2.23. The largest absolute Gasteiger partial charge is 0.445 e. The molecule has 1 amide bonds. The molecule has 0 aromatic carbocycles. The fourth-order valence-electron chi connectivity index (χ4n) is 1.77. The molecule has 1 aliphatic rings. The van der Waals surface area contributed by atoms with Crippen LogP contribution in [0.4, 0.5) is 4.79 Å². The van der Waals surface area contributed by atoms with E-state index in [0.29, 0.717) is 6.61 Å². The highest BCUT2D eigenvalue weighted by Gasteiger charge is 2.15. The van der Waals surface area contributed by atoms with Crippen LogP contribution in [-0.2, 0) is 4.74 Å². The summed E-state index contributed by atoms with van der Waals surface area (Å²) in [7, 11) is 0. The lowest BCUT2D eigenvalue weighted by Crippen LogP contribution is -2.43. The third kappa shape index (κ3) is 6.45. The van der Waals surface area contributed by atoms with Crippen LogP contribution in [0.5, 0.6) is 0 Å². The van der Waals surface area contributed by atoms with Gasteiger partial charge in [-0.25, -0.2) is 4.79 Å². The second kappa shape index (κ2) is 8.75. The first kappa shape index (κ1) is 14.8. The van der Waals surface area contributed by atoms with Crippen LogP contribution in [0, 0.1) is 0 Å². The smallest absolute Gasteiger partial charge is 0.407 e. The Hall–Kier alpha value is -1.29. The molecule has 102 valence electrons. The Bertz CT molecular complexity index is 305. The molecule has 0 saturated carbocycles. The van der Waals surface area contributed by atoms with Gasteiger partial charge in [-0.05, 0) is 44.8 Å². The van der Waals surface area contributed by atoms with Crippen molar-refractivity contribution in [1.82, 2.24) is 10.6 Å². The van der Waals surface area contributed by atoms with Crippen LogP contribution < -0.4 is 10.6 Å². The Kier molecular flexibility index (Phi) is 7.18. The lowest BCUT2D eigenvalue weighted by atomic mass is 10.1. The third-order valence-corrected chi connectivity index (χ3v) is 2.84. The molecule has 1 heterocycles. The maximum absolute atomic E-state index is 11.5. The van der Waals surface area contributed by atoms with Crippen molar-refractivity contribution in [3.05, 3.63) is 23.8 Å². The molecule has 1 fully saturated rings. The quantitative estimate of drug-likeness (QED) is 0.739. The zero-order chi connectivity index (χ0) is 13.2. The Labute approximate surface area is 109 Å². The zero-order valence-corrected chi connectivity index (χ0v) is 11.4. The number of amides is 1. The molecule has 1 saturated heterocycles. The van der Waals surface area contributed by atoms with Gasteiger partial charge < -0.3 is 15.4 Å². The maximum Gasteiger partial charge on any atom is 0.407 e. The van der Waals surface area contributed by atoms with E-state index in [-0.39, 0.29) is 12.1 Å². The third-order valence-electron chi connectivity index (χ3n) is 2.84. The van der Waals surface area contributed by atoms with Gasteiger partial charge in [0.05, 0.1) is 0 Å². The highest BCUT2D eigenvalue weighted by atomic mass is 16.5. The molecule has 1 rings (SSSR count). The van der Waals surface area contributed by atoms with E-state index in [9.17, 15) is 4.79 Å². The summed E-state index contributed by atoms with van der Waals surface area (Å²) >= 11 is 0. The molecule has 0 spiro atoms. The van der Waals surface area contributed by atoms with E-state index >= 15 is 0 Å². The number of ether oxygens (including phenoxy) is 1. The number of carbonyl (C=O) groups excluding carboxylic acids is 1. The Morgan fingerprint density at radius 3 is 2.83 bits per heavy atom. The van der Waals surface area contributed by atoms with E-state index in [1.807, 2.05) is 19.1 Å². The minimum Gasteiger partial charge on any atom is -0.445 e. The molecule has 0 aromatic rings. The molecular weight excluding hydrogens is 228 g/mol. The fraction of sp³-hybridized carbons (Fsp3) is 0.643. The van der Waals surface area contributed by atoms with Crippen LogP contribution in [0.15, 0.2) is 23.8 Å². The molecule has 0 radical (unpaired) electrons. The van der Waals surface area contributed by atoms with Crippen molar-refractivity contribution in [2.75, 3.05) is 19.7 Å². The van der Waals surface area contributed by atoms with Gasteiger partial charge in [-0.1, -0.05) is 25.2 Å². The van der Waals surface area contributed by atoms with Crippen molar-refractivity contribution in [2.45, 2.75) is 39.2 Å². The van der Waals surface area contributed by atoms with Gasteiger partial charge in [-0.2, -0.15) is 0 Å². The first-order valence-electron chi connectivity index (χ1n) is 6.68. The van der Waals surface area contributed by atoms with Gasteiger partial charge in [-0.15, -0.1) is 0 Å². The van der Waals surface area contributed by atoms with Crippen LogP contribution >= 0.6 is 0 Å². The number of nitrogens with one attached hydrogen (secondary N) is 2. The Morgan fingerprint density at radius 1 is 1.44 bits per heavy atom. The summed E-state index contributed by atoms with van der Waals surface area (Å²) in [5, 5.41) is 6.15. The van der Waals surface area contributed by atoms with Crippen molar-refractivity contribution < 1.29 is 9.53 Å². The first-order valence-corrected chi connectivity index (χ1v) is 6.68. The van der Waals surface area contributed by atoms with Crippen molar-refractivity contribution in [3.63, 3.8) is 0 Å². The first-order chi connectivity index (χ1) is 8.72. The number of hydrogen-bond acceptors (Lipinski definition) is 3. The van der Waals surface area contributed by atoms with Gasteiger partial charge in [0.15, 0.2) is 0 Å². The number of piperidine rings is 1. The molecule has 0 aliphatic carbocycles. The summed E-state index contributed by atoms with van der Waals surface area (Å²) in [5.74, 6) is 0. The van der Waals surface area contributed by atoms with Crippen LogP contribution in [0.1, 0.15) is 33.1 Å². The second-order valence-electron chi connectivity index (χ2n) is 4.59. The van der Waals surface area contributed by atoms with Gasteiger partial charge in [0.1, 0.15) is 6.61 Å². The topological polar surface area (TPSA) is 50.4 Å². The molecule has 0 atom stereocenters. The normalized spacial score (nSPS) is 18.0. The molecule has 2 N–H and O–H groups in total. The van der Waals surface area contributed by atoms with Gasteiger partial charge in [0.25, 0.3) is 0 Å². The number of alkyl carbamates (subject to hydrolysis) is 1.